The van der Waals surface area contributed by atoms with Gasteiger partial charge in [0.25, 0.3) is 0 Å². The summed E-state index contributed by atoms with van der Waals surface area (Å²) in [6.07, 6.45) is 0. The molecule has 0 spiro atoms. The van der Waals surface area contributed by atoms with Crippen LogP contribution in [0, 0.1) is 0 Å². The molecule has 4 nitrogen and oxygen atoms in total. The fourth-order valence-electron chi connectivity index (χ4n) is 6.25. The number of benzene rings is 7. The minimum absolute atomic E-state index is 0.353. The molecule has 46 heavy (non-hydrogen) atoms. The van der Waals surface area contributed by atoms with Crippen LogP contribution in [0.2, 0.25) is 0 Å². The summed E-state index contributed by atoms with van der Waals surface area (Å²) in [5.74, 6) is -0.705. The third-order valence-electron chi connectivity index (χ3n) is 8.52. The van der Waals surface area contributed by atoms with E-state index in [2.05, 4.69) is 84.9 Å². The van der Waals surface area contributed by atoms with Crippen molar-refractivity contribution in [1.29, 1.82) is 0 Å². The molecule has 0 atom stereocenters. The van der Waals surface area contributed by atoms with Crippen LogP contribution in [0.25, 0.3) is 66.1 Å². The van der Waals surface area contributed by atoms with Gasteiger partial charge in [-0.3, -0.25) is 0 Å². The highest BCUT2D eigenvalue weighted by Gasteiger charge is 2.19. The lowest BCUT2D eigenvalue weighted by molar-refractivity contribution is 0.0592. The number of methoxy groups -OCH3 is 2. The van der Waals surface area contributed by atoms with E-state index in [1.807, 2.05) is 36.4 Å². The first-order valence-electron chi connectivity index (χ1n) is 15.1. The number of ether oxygens (including phenoxy) is 2. The van der Waals surface area contributed by atoms with Crippen LogP contribution in [0.4, 0.5) is 0 Å². The zero-order valence-electron chi connectivity index (χ0n) is 25.5. The van der Waals surface area contributed by atoms with E-state index in [-0.39, 0.29) is 11.9 Å². The van der Waals surface area contributed by atoms with Crippen molar-refractivity contribution >= 4 is 33.5 Å². The number of esters is 2. The van der Waals surface area contributed by atoms with Crippen molar-refractivity contribution in [2.75, 3.05) is 14.2 Å². The summed E-state index contributed by atoms with van der Waals surface area (Å²) in [7, 11) is 2.78. The summed E-state index contributed by atoms with van der Waals surface area (Å²) in [6, 6.07) is 49.3. The number of carbonyl (C=O) groups excluding carboxylic acids is 2. The van der Waals surface area contributed by atoms with Crippen LogP contribution in [0.3, 0.4) is 0 Å². The van der Waals surface area contributed by atoms with E-state index < -0.39 is 0 Å². The highest BCUT2D eigenvalue weighted by Crippen LogP contribution is 2.45. The van der Waals surface area contributed by atoms with Gasteiger partial charge in [-0.1, -0.05) is 109 Å². The van der Waals surface area contributed by atoms with Crippen molar-refractivity contribution in [3.05, 3.63) is 157 Å². The minimum atomic E-state index is -0.353. The fourth-order valence-corrected chi connectivity index (χ4v) is 6.25. The molecule has 0 aromatic heterocycles. The van der Waals surface area contributed by atoms with Crippen LogP contribution in [-0.2, 0) is 9.47 Å². The quantitative estimate of drug-likeness (QED) is 0.141. The third-order valence-corrected chi connectivity index (χ3v) is 8.52. The van der Waals surface area contributed by atoms with Gasteiger partial charge >= 0.3 is 11.9 Å². The van der Waals surface area contributed by atoms with E-state index in [1.165, 1.54) is 14.2 Å². The Morgan fingerprint density at radius 1 is 0.370 bits per heavy atom. The molecular weight excluding hydrogens is 568 g/mol. The second-order valence-electron chi connectivity index (χ2n) is 11.1. The van der Waals surface area contributed by atoms with Gasteiger partial charge in [-0.05, 0) is 102 Å². The number of fused-ring (bicyclic) bond motifs is 2. The molecule has 0 aliphatic rings. The highest BCUT2D eigenvalue weighted by atomic mass is 16.5. The maximum absolute atomic E-state index is 12.1. The predicted molar refractivity (Wildman–Crippen MR) is 186 cm³/mol. The summed E-state index contributed by atoms with van der Waals surface area (Å²) < 4.78 is 9.80. The van der Waals surface area contributed by atoms with Crippen molar-refractivity contribution < 1.29 is 19.1 Å². The SMILES string of the molecule is COC(=O)c1ccc(-c2ccc3c(-c4ccccc4)c4cc(-c5ccc(C(=O)OC)cc5)ccc4c(-c4ccccc4)c3c2)cc1. The van der Waals surface area contributed by atoms with Gasteiger partial charge in [0, 0.05) is 0 Å². The Morgan fingerprint density at radius 3 is 1.07 bits per heavy atom. The maximum atomic E-state index is 12.1. The Balaban J connectivity index is 1.51. The van der Waals surface area contributed by atoms with E-state index in [0.29, 0.717) is 11.1 Å². The molecule has 0 aliphatic heterocycles. The lowest BCUT2D eigenvalue weighted by Gasteiger charge is -2.19. The van der Waals surface area contributed by atoms with Crippen molar-refractivity contribution in [2.45, 2.75) is 0 Å². The topological polar surface area (TPSA) is 52.6 Å². The molecule has 0 N–H and O–H groups in total. The first-order valence-corrected chi connectivity index (χ1v) is 15.1. The molecule has 0 heterocycles. The molecule has 7 rings (SSSR count). The van der Waals surface area contributed by atoms with E-state index in [9.17, 15) is 9.59 Å². The predicted octanol–water partition coefficient (Wildman–Crippen LogP) is 10.2. The molecule has 4 heteroatoms. The Labute approximate surface area is 267 Å². The molecule has 0 radical (unpaired) electrons. The summed E-state index contributed by atoms with van der Waals surface area (Å²) in [6.45, 7) is 0. The first kappa shape index (κ1) is 28.8. The van der Waals surface area contributed by atoms with E-state index in [0.717, 1.165) is 66.1 Å². The molecule has 7 aromatic carbocycles. The minimum Gasteiger partial charge on any atom is -0.465 e. The monoisotopic (exact) mass is 598 g/mol. The van der Waals surface area contributed by atoms with Crippen molar-refractivity contribution in [1.82, 2.24) is 0 Å². The van der Waals surface area contributed by atoms with Crippen LogP contribution in [0.1, 0.15) is 20.7 Å². The summed E-state index contributed by atoms with van der Waals surface area (Å²) in [4.78, 5) is 24.1. The lowest BCUT2D eigenvalue weighted by atomic mass is 9.84. The van der Waals surface area contributed by atoms with Gasteiger partial charge in [0.2, 0.25) is 0 Å². The standard InChI is InChI=1S/C42H30O4/c1-45-41(43)31-17-13-27(14-18-31)33-21-23-35-37(25-33)39(29-9-5-3-6-10-29)36-24-22-34(28-15-19-32(20-16-28)42(44)46-2)26-38(36)40(35)30-11-7-4-8-12-30/h3-26H,1-2H3. The largest absolute Gasteiger partial charge is 0.465 e. The summed E-state index contributed by atoms with van der Waals surface area (Å²) in [5.41, 5.74) is 9.76. The molecule has 0 aliphatic carbocycles. The molecule has 0 bridgehead atoms. The molecule has 0 fully saturated rings. The molecule has 0 unspecified atom stereocenters. The zero-order chi connectivity index (χ0) is 31.6. The molecule has 0 saturated carbocycles. The fraction of sp³-hybridized carbons (Fsp3) is 0.0476. The lowest BCUT2D eigenvalue weighted by Crippen LogP contribution is -2.00. The summed E-state index contributed by atoms with van der Waals surface area (Å²) >= 11 is 0. The molecule has 222 valence electrons. The van der Waals surface area contributed by atoms with Gasteiger partial charge < -0.3 is 9.47 Å². The smallest absolute Gasteiger partial charge is 0.337 e. The van der Waals surface area contributed by atoms with Crippen molar-refractivity contribution in [3.8, 4) is 44.5 Å². The molecule has 0 saturated heterocycles. The van der Waals surface area contributed by atoms with Crippen LogP contribution in [-0.4, -0.2) is 26.2 Å². The van der Waals surface area contributed by atoms with Crippen LogP contribution in [0.15, 0.2) is 146 Å². The third kappa shape index (κ3) is 5.20. The number of hydrogen-bond donors (Lipinski definition) is 0. The van der Waals surface area contributed by atoms with E-state index in [4.69, 9.17) is 9.47 Å². The second-order valence-corrected chi connectivity index (χ2v) is 11.1. The van der Waals surface area contributed by atoms with Crippen molar-refractivity contribution in [3.63, 3.8) is 0 Å². The van der Waals surface area contributed by atoms with E-state index in [1.54, 1.807) is 24.3 Å². The van der Waals surface area contributed by atoms with Crippen LogP contribution in [0.5, 0.6) is 0 Å². The Hall–Kier alpha value is -6.00. The van der Waals surface area contributed by atoms with Gasteiger partial charge in [-0.25, -0.2) is 9.59 Å². The van der Waals surface area contributed by atoms with Crippen LogP contribution < -0.4 is 0 Å². The Morgan fingerprint density at radius 2 is 0.717 bits per heavy atom. The van der Waals surface area contributed by atoms with Gasteiger partial charge in [0.05, 0.1) is 25.3 Å². The first-order chi connectivity index (χ1) is 22.6. The number of rotatable bonds is 6. The number of carbonyl (C=O) groups is 2. The molecule has 7 aromatic rings. The van der Waals surface area contributed by atoms with Crippen molar-refractivity contribution in [2.24, 2.45) is 0 Å². The Kier molecular flexibility index (Phi) is 7.61. The maximum Gasteiger partial charge on any atom is 0.337 e. The highest BCUT2D eigenvalue weighted by molar-refractivity contribution is 6.22. The molecule has 0 amide bonds. The van der Waals surface area contributed by atoms with Gasteiger partial charge in [0.15, 0.2) is 0 Å². The number of hydrogen-bond acceptors (Lipinski definition) is 4. The Bertz CT molecular complexity index is 2060. The van der Waals surface area contributed by atoms with Gasteiger partial charge in [-0.2, -0.15) is 0 Å². The average molecular weight is 599 g/mol. The second kappa shape index (κ2) is 12.2. The van der Waals surface area contributed by atoms with Crippen LogP contribution >= 0.6 is 0 Å². The van der Waals surface area contributed by atoms with Gasteiger partial charge in [-0.15, -0.1) is 0 Å². The average Bonchev–Trinajstić information content (AvgIpc) is 3.13. The van der Waals surface area contributed by atoms with E-state index >= 15 is 0 Å². The zero-order valence-corrected chi connectivity index (χ0v) is 25.5. The summed E-state index contributed by atoms with van der Waals surface area (Å²) in [5, 5.41) is 4.57. The van der Waals surface area contributed by atoms with Gasteiger partial charge in [0.1, 0.15) is 0 Å². The normalized spacial score (nSPS) is 11.0. The molecular formula is C42H30O4.